The van der Waals surface area contributed by atoms with E-state index in [0.29, 0.717) is 18.3 Å². The van der Waals surface area contributed by atoms with Gasteiger partial charge in [0.15, 0.2) is 0 Å². The van der Waals surface area contributed by atoms with Gasteiger partial charge in [-0.3, -0.25) is 0 Å². The van der Waals surface area contributed by atoms with Crippen LogP contribution in [0.15, 0.2) is 0 Å². The third-order valence-corrected chi connectivity index (χ3v) is 4.92. The first-order valence-corrected chi connectivity index (χ1v) is 8.00. The Balaban J connectivity index is 2.60. The number of hydrogen-bond acceptors (Lipinski definition) is 3. The van der Waals surface area contributed by atoms with E-state index < -0.39 is 10.0 Å². The van der Waals surface area contributed by atoms with Gasteiger partial charge < -0.3 is 0 Å². The highest BCUT2D eigenvalue weighted by Gasteiger charge is 2.23. The van der Waals surface area contributed by atoms with Crippen molar-refractivity contribution in [3.05, 3.63) is 0 Å². The van der Waals surface area contributed by atoms with Gasteiger partial charge in [-0.05, 0) is 18.6 Å². The molecule has 5 heteroatoms. The second kappa shape index (κ2) is 5.37. The summed E-state index contributed by atoms with van der Waals surface area (Å²) in [5.41, 5.74) is 0. The van der Waals surface area contributed by atoms with Gasteiger partial charge >= 0.3 is 0 Å². The molecule has 1 unspecified atom stereocenters. The number of rotatable bonds is 3. The molecule has 1 aliphatic rings. The molecule has 0 aromatic carbocycles. The lowest BCUT2D eigenvalue weighted by atomic mass is 10.2. The predicted octanol–water partition coefficient (Wildman–Crippen LogP) is 1.55. The Hall–Kier alpha value is 0.260. The van der Waals surface area contributed by atoms with E-state index in [2.05, 4.69) is 6.92 Å². The van der Waals surface area contributed by atoms with Gasteiger partial charge in [-0.25, -0.2) is 12.7 Å². The van der Waals surface area contributed by atoms with E-state index >= 15 is 0 Å². The normalized spacial score (nSPS) is 26.0. The third-order valence-electron chi connectivity index (χ3n) is 2.46. The number of nitrogens with zero attached hydrogens (tertiary/aromatic N) is 1. The SMILES string of the molecule is CCSC1CCCCN(S(C)(=O)=O)C1. The molecule has 0 aromatic rings. The van der Waals surface area contributed by atoms with Gasteiger partial charge in [-0.15, -0.1) is 0 Å². The zero-order valence-corrected chi connectivity index (χ0v) is 10.5. The van der Waals surface area contributed by atoms with Crippen LogP contribution < -0.4 is 0 Å². The van der Waals surface area contributed by atoms with E-state index in [-0.39, 0.29) is 0 Å². The molecular weight excluding hydrogens is 218 g/mol. The summed E-state index contributed by atoms with van der Waals surface area (Å²) in [4.78, 5) is 0. The highest BCUT2D eigenvalue weighted by atomic mass is 32.2. The van der Waals surface area contributed by atoms with Crippen LogP contribution in [0.25, 0.3) is 0 Å². The molecule has 0 bridgehead atoms. The van der Waals surface area contributed by atoms with Crippen molar-refractivity contribution in [3.8, 4) is 0 Å². The Bertz CT molecular complexity index is 264. The fourth-order valence-electron chi connectivity index (χ4n) is 1.74. The summed E-state index contributed by atoms with van der Waals surface area (Å²) in [7, 11) is -2.98. The first kappa shape index (κ1) is 12.3. The van der Waals surface area contributed by atoms with Gasteiger partial charge in [0.1, 0.15) is 0 Å². The van der Waals surface area contributed by atoms with Gasteiger partial charge in [-0.1, -0.05) is 13.3 Å². The van der Waals surface area contributed by atoms with E-state index in [0.717, 1.165) is 25.0 Å². The molecule has 0 radical (unpaired) electrons. The molecule has 3 nitrogen and oxygen atoms in total. The van der Waals surface area contributed by atoms with E-state index in [4.69, 9.17) is 0 Å². The molecule has 0 N–H and O–H groups in total. The van der Waals surface area contributed by atoms with E-state index in [9.17, 15) is 8.42 Å². The minimum atomic E-state index is -2.98. The second-order valence-electron chi connectivity index (χ2n) is 3.69. The second-order valence-corrected chi connectivity index (χ2v) is 7.25. The lowest BCUT2D eigenvalue weighted by Crippen LogP contribution is -2.34. The average Bonchev–Trinajstić information content (AvgIpc) is 2.29. The molecule has 1 rings (SSSR count). The molecule has 14 heavy (non-hydrogen) atoms. The summed E-state index contributed by atoms with van der Waals surface area (Å²) < 4.78 is 24.4. The van der Waals surface area contributed by atoms with Crippen LogP contribution in [-0.2, 0) is 10.0 Å². The fourth-order valence-corrected chi connectivity index (χ4v) is 3.84. The van der Waals surface area contributed by atoms with Crippen LogP contribution in [0.3, 0.4) is 0 Å². The zero-order chi connectivity index (χ0) is 10.6. The molecule has 0 aromatic heterocycles. The van der Waals surface area contributed by atoms with Crippen LogP contribution in [0.5, 0.6) is 0 Å². The number of sulfonamides is 1. The van der Waals surface area contributed by atoms with Gasteiger partial charge in [0.25, 0.3) is 0 Å². The minimum absolute atomic E-state index is 0.497. The molecule has 0 aliphatic carbocycles. The summed E-state index contributed by atoms with van der Waals surface area (Å²) in [6, 6.07) is 0. The van der Waals surface area contributed by atoms with Crippen molar-refractivity contribution < 1.29 is 8.42 Å². The van der Waals surface area contributed by atoms with Crippen molar-refractivity contribution in [2.45, 2.75) is 31.4 Å². The molecule has 1 atom stereocenters. The highest BCUT2D eigenvalue weighted by Crippen LogP contribution is 2.22. The molecule has 0 amide bonds. The summed E-state index contributed by atoms with van der Waals surface area (Å²) in [6.07, 6.45) is 4.63. The molecule has 1 saturated heterocycles. The van der Waals surface area contributed by atoms with Crippen molar-refractivity contribution in [2.24, 2.45) is 0 Å². The molecule has 0 spiro atoms. The van der Waals surface area contributed by atoms with Crippen LogP contribution in [0.4, 0.5) is 0 Å². The Labute approximate surface area is 91.3 Å². The maximum atomic E-state index is 11.4. The lowest BCUT2D eigenvalue weighted by molar-refractivity contribution is 0.431. The van der Waals surface area contributed by atoms with E-state index in [1.54, 1.807) is 4.31 Å². The average molecular weight is 237 g/mol. The van der Waals surface area contributed by atoms with E-state index in [1.165, 1.54) is 6.26 Å². The smallest absolute Gasteiger partial charge is 0.211 e. The van der Waals surface area contributed by atoms with Gasteiger partial charge in [0.2, 0.25) is 10.0 Å². The van der Waals surface area contributed by atoms with Crippen molar-refractivity contribution in [1.82, 2.24) is 4.31 Å². The predicted molar refractivity (Wildman–Crippen MR) is 62.2 cm³/mol. The topological polar surface area (TPSA) is 37.4 Å². The molecule has 0 saturated carbocycles. The summed E-state index contributed by atoms with van der Waals surface area (Å²) in [5, 5.41) is 0.497. The highest BCUT2D eigenvalue weighted by molar-refractivity contribution is 7.99. The molecule has 1 heterocycles. The first-order chi connectivity index (χ1) is 6.54. The maximum absolute atomic E-state index is 11.4. The van der Waals surface area contributed by atoms with Crippen LogP contribution in [0, 0.1) is 0 Å². The first-order valence-electron chi connectivity index (χ1n) is 5.10. The maximum Gasteiger partial charge on any atom is 0.211 e. The largest absolute Gasteiger partial charge is 0.213 e. The number of hydrogen-bond donors (Lipinski definition) is 0. The Kier molecular flexibility index (Phi) is 4.73. The van der Waals surface area contributed by atoms with Crippen LogP contribution >= 0.6 is 11.8 Å². The Morgan fingerprint density at radius 1 is 1.43 bits per heavy atom. The van der Waals surface area contributed by atoms with Crippen molar-refractivity contribution >= 4 is 21.8 Å². The van der Waals surface area contributed by atoms with Crippen molar-refractivity contribution in [2.75, 3.05) is 25.1 Å². The summed E-state index contributed by atoms with van der Waals surface area (Å²) in [5.74, 6) is 1.07. The zero-order valence-electron chi connectivity index (χ0n) is 8.90. The quantitative estimate of drug-likeness (QED) is 0.747. The molecule has 84 valence electrons. The van der Waals surface area contributed by atoms with Crippen molar-refractivity contribution in [1.29, 1.82) is 0 Å². The fraction of sp³-hybridized carbons (Fsp3) is 1.00. The summed E-state index contributed by atoms with van der Waals surface area (Å²) >= 11 is 1.88. The van der Waals surface area contributed by atoms with Crippen LogP contribution in [0.2, 0.25) is 0 Å². The van der Waals surface area contributed by atoms with Gasteiger partial charge in [0, 0.05) is 18.3 Å². The van der Waals surface area contributed by atoms with Gasteiger partial charge in [0.05, 0.1) is 6.26 Å². The van der Waals surface area contributed by atoms with Gasteiger partial charge in [-0.2, -0.15) is 11.8 Å². The molecule has 1 aliphatic heterocycles. The molecule has 1 fully saturated rings. The Morgan fingerprint density at radius 2 is 2.14 bits per heavy atom. The van der Waals surface area contributed by atoms with Crippen molar-refractivity contribution in [3.63, 3.8) is 0 Å². The van der Waals surface area contributed by atoms with Crippen LogP contribution in [0.1, 0.15) is 26.2 Å². The van der Waals surface area contributed by atoms with E-state index in [1.807, 2.05) is 11.8 Å². The summed E-state index contributed by atoms with van der Waals surface area (Å²) in [6.45, 7) is 3.54. The standard InChI is InChI=1S/C9H19NO2S2/c1-3-13-9-6-4-5-7-10(8-9)14(2,11)12/h9H,3-8H2,1-2H3. The Morgan fingerprint density at radius 3 is 2.71 bits per heavy atom. The monoisotopic (exact) mass is 237 g/mol. The third kappa shape index (κ3) is 3.79. The minimum Gasteiger partial charge on any atom is -0.213 e. The van der Waals surface area contributed by atoms with Crippen LogP contribution in [-0.4, -0.2) is 43.1 Å². The molecular formula is C9H19NO2S2. The number of thioether (sulfide) groups is 1. The lowest BCUT2D eigenvalue weighted by Gasteiger charge is -2.21.